The van der Waals surface area contributed by atoms with Crippen molar-refractivity contribution in [3.8, 4) is 17.2 Å². The first-order chi connectivity index (χ1) is 10.4. The molecule has 0 atom stereocenters. The maximum atomic E-state index is 10.8. The molecule has 0 spiro atoms. The summed E-state index contributed by atoms with van der Waals surface area (Å²) in [6.45, 7) is 0.838. The summed E-state index contributed by atoms with van der Waals surface area (Å²) in [7, 11) is 3.96. The molecule has 0 bridgehead atoms. The molecule has 0 unspecified atom stereocenters. The number of nitro benzene ring substituents is 1. The van der Waals surface area contributed by atoms with E-state index in [4.69, 9.17) is 5.73 Å². The molecule has 0 aliphatic carbocycles. The van der Waals surface area contributed by atoms with E-state index >= 15 is 0 Å². The minimum absolute atomic E-state index is 0.0281. The number of nitrogens with zero attached hydrogens (tertiary/aromatic N) is 3. The van der Waals surface area contributed by atoms with Gasteiger partial charge in [0, 0.05) is 29.1 Å². The molecule has 0 saturated carbocycles. The second-order valence-corrected chi connectivity index (χ2v) is 6.25. The summed E-state index contributed by atoms with van der Waals surface area (Å²) in [5.41, 5.74) is 8.00. The van der Waals surface area contributed by atoms with Gasteiger partial charge in [0.25, 0.3) is 5.69 Å². The van der Waals surface area contributed by atoms with Gasteiger partial charge in [0.05, 0.1) is 10.5 Å². The highest BCUT2D eigenvalue weighted by molar-refractivity contribution is 7.16. The molecule has 6 nitrogen and oxygen atoms in total. The summed E-state index contributed by atoms with van der Waals surface area (Å²) >= 11 is 1.41. The molecule has 0 aliphatic heterocycles. The Kier molecular flexibility index (Phi) is 4.75. The number of nitrogen functional groups attached to an aromatic ring is 1. The fraction of sp³-hybridized carbons (Fsp3) is 0.267. The summed E-state index contributed by atoms with van der Waals surface area (Å²) in [5, 5.41) is 20.6. The lowest BCUT2D eigenvalue weighted by molar-refractivity contribution is -0.384. The maximum absolute atomic E-state index is 10.8. The fourth-order valence-electron chi connectivity index (χ4n) is 2.16. The third-order valence-electron chi connectivity index (χ3n) is 3.27. The summed E-state index contributed by atoms with van der Waals surface area (Å²) in [5.74, 6) is 0. The van der Waals surface area contributed by atoms with E-state index in [0.29, 0.717) is 10.6 Å². The van der Waals surface area contributed by atoms with Crippen molar-refractivity contribution in [3.63, 3.8) is 0 Å². The van der Waals surface area contributed by atoms with Crippen LogP contribution >= 0.6 is 11.3 Å². The molecule has 0 aliphatic rings. The van der Waals surface area contributed by atoms with Gasteiger partial charge in [-0.25, -0.2) is 0 Å². The topological polar surface area (TPSA) is 96.2 Å². The van der Waals surface area contributed by atoms with Crippen molar-refractivity contribution in [3.05, 3.63) is 44.8 Å². The van der Waals surface area contributed by atoms with Gasteiger partial charge in [0.15, 0.2) is 0 Å². The first kappa shape index (κ1) is 15.9. The number of rotatable bonds is 5. The summed E-state index contributed by atoms with van der Waals surface area (Å²) in [4.78, 5) is 13.4. The third-order valence-corrected chi connectivity index (χ3v) is 4.35. The number of nitrogens with two attached hydrogens (primary N) is 1. The van der Waals surface area contributed by atoms with Crippen LogP contribution in [-0.2, 0) is 6.42 Å². The molecule has 0 radical (unpaired) electrons. The number of benzene rings is 1. The van der Waals surface area contributed by atoms with Crippen LogP contribution in [0, 0.1) is 21.4 Å². The molecule has 114 valence electrons. The molecule has 0 amide bonds. The average Bonchev–Trinajstić information content (AvgIpc) is 2.80. The van der Waals surface area contributed by atoms with Crippen LogP contribution in [0.25, 0.3) is 11.1 Å². The van der Waals surface area contributed by atoms with Crippen molar-refractivity contribution < 1.29 is 4.92 Å². The predicted molar refractivity (Wildman–Crippen MR) is 87.8 cm³/mol. The van der Waals surface area contributed by atoms with Gasteiger partial charge in [-0.3, -0.25) is 10.1 Å². The number of nitriles is 1. The van der Waals surface area contributed by atoms with Crippen LogP contribution in [0.3, 0.4) is 0 Å². The van der Waals surface area contributed by atoms with Crippen molar-refractivity contribution in [2.45, 2.75) is 6.42 Å². The molecule has 2 aromatic rings. The van der Waals surface area contributed by atoms with Gasteiger partial charge in [-0.2, -0.15) is 5.26 Å². The lowest BCUT2D eigenvalue weighted by Crippen LogP contribution is -2.14. The Morgan fingerprint density at radius 1 is 1.36 bits per heavy atom. The van der Waals surface area contributed by atoms with E-state index in [0.717, 1.165) is 29.0 Å². The predicted octanol–water partition coefficient (Wildman–Crippen LogP) is 2.88. The van der Waals surface area contributed by atoms with Gasteiger partial charge in [-0.05, 0) is 38.2 Å². The summed E-state index contributed by atoms with van der Waals surface area (Å²) in [6.07, 6.45) is 0.774. The number of hydrogen-bond donors (Lipinski definition) is 1. The van der Waals surface area contributed by atoms with Crippen molar-refractivity contribution >= 4 is 22.0 Å². The Bertz CT molecular complexity index is 729. The molecule has 22 heavy (non-hydrogen) atoms. The molecule has 1 aromatic heterocycles. The summed E-state index contributed by atoms with van der Waals surface area (Å²) in [6, 6.07) is 8.37. The molecule has 0 saturated heterocycles. The van der Waals surface area contributed by atoms with E-state index in [1.54, 1.807) is 12.1 Å². The Morgan fingerprint density at radius 2 is 2.00 bits per heavy atom. The Balaban J connectivity index is 2.47. The van der Waals surface area contributed by atoms with Crippen LogP contribution in [0.15, 0.2) is 24.3 Å². The SMILES string of the molecule is CN(C)CCc1sc(N)c(C#N)c1-c1ccc([N+](=O)[O-])cc1. The highest BCUT2D eigenvalue weighted by Gasteiger charge is 2.18. The lowest BCUT2D eigenvalue weighted by atomic mass is 10.0. The van der Waals surface area contributed by atoms with E-state index in [2.05, 4.69) is 11.0 Å². The monoisotopic (exact) mass is 316 g/mol. The van der Waals surface area contributed by atoms with Gasteiger partial charge in [-0.15, -0.1) is 11.3 Å². The second-order valence-electron chi connectivity index (χ2n) is 5.11. The second kappa shape index (κ2) is 6.56. The quantitative estimate of drug-likeness (QED) is 0.676. The molecule has 1 heterocycles. The number of anilines is 1. The first-order valence-electron chi connectivity index (χ1n) is 6.64. The van der Waals surface area contributed by atoms with Crippen molar-refractivity contribution in [1.29, 1.82) is 5.26 Å². The molecular weight excluding hydrogens is 300 g/mol. The van der Waals surface area contributed by atoms with Crippen LogP contribution in [0.2, 0.25) is 0 Å². The smallest absolute Gasteiger partial charge is 0.269 e. The van der Waals surface area contributed by atoms with E-state index in [1.807, 2.05) is 14.1 Å². The van der Waals surface area contributed by atoms with Crippen LogP contribution in [0.5, 0.6) is 0 Å². The molecule has 2 rings (SSSR count). The van der Waals surface area contributed by atoms with Crippen LogP contribution in [0.4, 0.5) is 10.7 Å². The first-order valence-corrected chi connectivity index (χ1v) is 7.46. The van der Waals surface area contributed by atoms with Crippen LogP contribution in [0.1, 0.15) is 10.4 Å². The van der Waals surface area contributed by atoms with Crippen molar-refractivity contribution in [1.82, 2.24) is 4.90 Å². The molecular formula is C15H16N4O2S. The van der Waals surface area contributed by atoms with Gasteiger partial charge >= 0.3 is 0 Å². The number of hydrogen-bond acceptors (Lipinski definition) is 6. The Morgan fingerprint density at radius 3 is 2.50 bits per heavy atom. The van der Waals surface area contributed by atoms with E-state index in [1.165, 1.54) is 23.5 Å². The van der Waals surface area contributed by atoms with Crippen molar-refractivity contribution in [2.75, 3.05) is 26.4 Å². The van der Waals surface area contributed by atoms with Gasteiger partial charge < -0.3 is 10.6 Å². The highest BCUT2D eigenvalue weighted by atomic mass is 32.1. The molecule has 0 fully saturated rings. The van der Waals surface area contributed by atoms with Gasteiger partial charge in [0.2, 0.25) is 0 Å². The zero-order valence-electron chi connectivity index (χ0n) is 12.4. The van der Waals surface area contributed by atoms with E-state index in [9.17, 15) is 15.4 Å². The third kappa shape index (κ3) is 3.24. The van der Waals surface area contributed by atoms with Gasteiger partial charge in [0.1, 0.15) is 11.1 Å². The molecule has 2 N–H and O–H groups in total. The average molecular weight is 316 g/mol. The number of likely N-dealkylation sites (N-methyl/N-ethyl adjacent to an activating group) is 1. The van der Waals surface area contributed by atoms with Crippen LogP contribution < -0.4 is 5.73 Å². The number of nitro groups is 1. The number of thiophene rings is 1. The standard InChI is InChI=1S/C15H16N4O2S/c1-18(2)8-7-13-14(12(9-16)15(17)22-13)10-3-5-11(6-4-10)19(20)21/h3-6H,7-8,17H2,1-2H3. The minimum atomic E-state index is -0.441. The molecule has 1 aromatic carbocycles. The summed E-state index contributed by atoms with van der Waals surface area (Å²) < 4.78 is 0. The van der Waals surface area contributed by atoms with Crippen molar-refractivity contribution in [2.24, 2.45) is 0 Å². The highest BCUT2D eigenvalue weighted by Crippen LogP contribution is 2.39. The number of non-ortho nitro benzene ring substituents is 1. The zero-order chi connectivity index (χ0) is 16.3. The maximum Gasteiger partial charge on any atom is 0.269 e. The van der Waals surface area contributed by atoms with E-state index < -0.39 is 4.92 Å². The fourth-order valence-corrected chi connectivity index (χ4v) is 3.20. The largest absolute Gasteiger partial charge is 0.389 e. The zero-order valence-corrected chi connectivity index (χ0v) is 13.2. The molecule has 7 heteroatoms. The van der Waals surface area contributed by atoms with Gasteiger partial charge in [-0.1, -0.05) is 0 Å². The lowest BCUT2D eigenvalue weighted by Gasteiger charge is -2.10. The Labute approximate surface area is 132 Å². The van der Waals surface area contributed by atoms with Crippen LogP contribution in [-0.4, -0.2) is 30.5 Å². The Hall–Kier alpha value is -2.43. The van der Waals surface area contributed by atoms with E-state index in [-0.39, 0.29) is 5.69 Å². The normalized spacial score (nSPS) is 10.6. The minimum Gasteiger partial charge on any atom is -0.389 e.